The molecule has 1 aromatic carbocycles. The molecular formula is C14H12N4O2. The van der Waals surface area contributed by atoms with Crippen LogP contribution in [0.15, 0.2) is 43.0 Å². The lowest BCUT2D eigenvalue weighted by Crippen LogP contribution is -2.11. The van der Waals surface area contributed by atoms with Crippen molar-refractivity contribution in [2.24, 2.45) is 0 Å². The van der Waals surface area contributed by atoms with Gasteiger partial charge in [0.2, 0.25) is 0 Å². The molecule has 2 heterocycles. The normalized spacial score (nSPS) is 12.4. The van der Waals surface area contributed by atoms with Gasteiger partial charge in [0.1, 0.15) is 5.82 Å². The van der Waals surface area contributed by atoms with E-state index in [9.17, 15) is 4.79 Å². The number of rotatable bonds is 4. The number of aromatic amines is 1. The van der Waals surface area contributed by atoms with Gasteiger partial charge in [-0.3, -0.25) is 4.79 Å². The third kappa shape index (κ3) is 2.35. The second kappa shape index (κ2) is 5.08. The summed E-state index contributed by atoms with van der Waals surface area (Å²) in [6.07, 6.45) is 4.79. The molecule has 6 nitrogen and oxygen atoms in total. The molecule has 0 aliphatic carbocycles. The zero-order valence-electron chi connectivity index (χ0n) is 10.5. The highest BCUT2D eigenvalue weighted by atomic mass is 16.4. The maximum absolute atomic E-state index is 11.1. The lowest BCUT2D eigenvalue weighted by Gasteiger charge is -2.13. The maximum atomic E-state index is 11.1. The molecule has 6 heteroatoms. The second-order valence-electron chi connectivity index (χ2n) is 4.44. The number of aliphatic carboxylic acids is 1. The fourth-order valence-corrected chi connectivity index (χ4v) is 2.19. The average Bonchev–Trinajstić information content (AvgIpc) is 2.93. The smallest absolute Gasteiger partial charge is 0.304 e. The quantitative estimate of drug-likeness (QED) is 0.754. The largest absolute Gasteiger partial charge is 0.481 e. The summed E-state index contributed by atoms with van der Waals surface area (Å²) >= 11 is 0. The minimum Gasteiger partial charge on any atom is -0.481 e. The minimum atomic E-state index is -0.882. The molecule has 0 fully saturated rings. The van der Waals surface area contributed by atoms with Crippen molar-refractivity contribution < 1.29 is 9.90 Å². The monoisotopic (exact) mass is 268 g/mol. The summed E-state index contributed by atoms with van der Waals surface area (Å²) in [6, 6.07) is 7.33. The number of hydrogen-bond donors (Lipinski definition) is 2. The van der Waals surface area contributed by atoms with E-state index in [1.807, 2.05) is 18.2 Å². The molecule has 0 spiro atoms. The molecule has 0 saturated carbocycles. The van der Waals surface area contributed by atoms with Crippen molar-refractivity contribution in [3.63, 3.8) is 0 Å². The van der Waals surface area contributed by atoms with Crippen molar-refractivity contribution in [3.05, 3.63) is 54.4 Å². The number of fused-ring (bicyclic) bond motifs is 1. The van der Waals surface area contributed by atoms with Crippen molar-refractivity contribution in [3.8, 4) is 0 Å². The van der Waals surface area contributed by atoms with Gasteiger partial charge in [-0.1, -0.05) is 6.07 Å². The van der Waals surface area contributed by atoms with Crippen LogP contribution in [0.5, 0.6) is 0 Å². The zero-order chi connectivity index (χ0) is 13.9. The number of carbonyl (C=O) groups is 1. The number of carboxylic acids is 1. The summed E-state index contributed by atoms with van der Waals surface area (Å²) in [5.74, 6) is -0.748. The van der Waals surface area contributed by atoms with Gasteiger partial charge in [-0.25, -0.2) is 15.0 Å². The summed E-state index contributed by atoms with van der Waals surface area (Å²) < 4.78 is 0. The first kappa shape index (κ1) is 12.3. The van der Waals surface area contributed by atoms with Crippen LogP contribution in [0.3, 0.4) is 0 Å². The molecule has 0 amide bonds. The van der Waals surface area contributed by atoms with Gasteiger partial charge >= 0.3 is 5.97 Å². The Bertz CT molecular complexity index is 739. The van der Waals surface area contributed by atoms with Crippen molar-refractivity contribution in [2.75, 3.05) is 0 Å². The van der Waals surface area contributed by atoms with E-state index in [-0.39, 0.29) is 12.3 Å². The topological polar surface area (TPSA) is 91.8 Å². The molecule has 1 atom stereocenters. The van der Waals surface area contributed by atoms with E-state index in [1.165, 1.54) is 0 Å². The molecule has 20 heavy (non-hydrogen) atoms. The summed E-state index contributed by atoms with van der Waals surface area (Å²) in [4.78, 5) is 26.6. The fraction of sp³-hybridized carbons (Fsp3) is 0.143. The molecule has 0 radical (unpaired) electrons. The predicted octanol–water partition coefficient (Wildman–Crippen LogP) is 1.96. The van der Waals surface area contributed by atoms with Gasteiger partial charge in [-0.05, 0) is 23.8 Å². The van der Waals surface area contributed by atoms with Crippen LogP contribution in [-0.2, 0) is 4.79 Å². The molecule has 1 unspecified atom stereocenters. The Labute approximate surface area is 114 Å². The van der Waals surface area contributed by atoms with Gasteiger partial charge in [-0.15, -0.1) is 0 Å². The lowest BCUT2D eigenvalue weighted by atomic mass is 9.94. The number of H-pyrrole nitrogens is 1. The van der Waals surface area contributed by atoms with Crippen LogP contribution >= 0.6 is 0 Å². The van der Waals surface area contributed by atoms with Crippen molar-refractivity contribution in [1.29, 1.82) is 0 Å². The molecule has 0 aliphatic rings. The highest BCUT2D eigenvalue weighted by Crippen LogP contribution is 2.27. The van der Waals surface area contributed by atoms with Crippen molar-refractivity contribution in [2.45, 2.75) is 12.3 Å². The summed E-state index contributed by atoms with van der Waals surface area (Å²) in [7, 11) is 0. The molecule has 0 saturated heterocycles. The van der Waals surface area contributed by atoms with Crippen LogP contribution < -0.4 is 0 Å². The third-order valence-corrected chi connectivity index (χ3v) is 3.12. The van der Waals surface area contributed by atoms with Crippen LogP contribution in [-0.4, -0.2) is 31.0 Å². The number of benzene rings is 1. The molecule has 3 rings (SSSR count). The van der Waals surface area contributed by atoms with Crippen LogP contribution in [0.4, 0.5) is 0 Å². The van der Waals surface area contributed by atoms with Gasteiger partial charge in [0, 0.05) is 12.4 Å². The fourth-order valence-electron chi connectivity index (χ4n) is 2.19. The first-order chi connectivity index (χ1) is 9.74. The number of aromatic nitrogens is 4. The van der Waals surface area contributed by atoms with Crippen LogP contribution in [0.1, 0.15) is 23.7 Å². The van der Waals surface area contributed by atoms with Gasteiger partial charge < -0.3 is 10.1 Å². The van der Waals surface area contributed by atoms with E-state index in [2.05, 4.69) is 19.9 Å². The Hall–Kier alpha value is -2.76. The molecule has 2 N–H and O–H groups in total. The van der Waals surface area contributed by atoms with Crippen LogP contribution in [0.25, 0.3) is 11.0 Å². The Kier molecular flexibility index (Phi) is 3.12. The molecule has 100 valence electrons. The Balaban J connectivity index is 2.06. The summed E-state index contributed by atoms with van der Waals surface area (Å²) in [6.45, 7) is 0. The van der Waals surface area contributed by atoms with Gasteiger partial charge in [0.15, 0.2) is 0 Å². The average molecular weight is 268 g/mol. The van der Waals surface area contributed by atoms with E-state index in [1.54, 1.807) is 24.8 Å². The van der Waals surface area contributed by atoms with Crippen LogP contribution in [0.2, 0.25) is 0 Å². The Morgan fingerprint density at radius 3 is 2.80 bits per heavy atom. The lowest BCUT2D eigenvalue weighted by molar-refractivity contribution is -0.137. The first-order valence-electron chi connectivity index (χ1n) is 6.16. The highest BCUT2D eigenvalue weighted by molar-refractivity contribution is 5.76. The molecule has 3 aromatic rings. The first-order valence-corrected chi connectivity index (χ1v) is 6.16. The second-order valence-corrected chi connectivity index (χ2v) is 4.44. The van der Waals surface area contributed by atoms with Gasteiger partial charge in [-0.2, -0.15) is 0 Å². The summed E-state index contributed by atoms with van der Waals surface area (Å²) in [5.41, 5.74) is 2.57. The third-order valence-electron chi connectivity index (χ3n) is 3.12. The van der Waals surface area contributed by atoms with Crippen molar-refractivity contribution >= 4 is 17.0 Å². The zero-order valence-corrected chi connectivity index (χ0v) is 10.5. The number of imidazole rings is 1. The van der Waals surface area contributed by atoms with E-state index < -0.39 is 5.97 Å². The summed E-state index contributed by atoms with van der Waals surface area (Å²) in [5, 5.41) is 9.10. The number of nitrogens with zero attached hydrogens (tertiary/aromatic N) is 3. The van der Waals surface area contributed by atoms with Crippen molar-refractivity contribution in [1.82, 2.24) is 19.9 Å². The molecule has 0 aliphatic heterocycles. The predicted molar refractivity (Wildman–Crippen MR) is 72.2 cm³/mol. The van der Waals surface area contributed by atoms with Gasteiger partial charge in [0.25, 0.3) is 0 Å². The molecule has 2 aromatic heterocycles. The number of hydrogen-bond acceptors (Lipinski definition) is 4. The minimum absolute atomic E-state index is 0.0519. The number of carboxylic acid groups (broad SMARTS) is 1. The highest BCUT2D eigenvalue weighted by Gasteiger charge is 2.20. The maximum Gasteiger partial charge on any atom is 0.304 e. The van der Waals surface area contributed by atoms with E-state index in [0.717, 1.165) is 16.6 Å². The van der Waals surface area contributed by atoms with Gasteiger partial charge in [0.05, 0.1) is 29.7 Å². The Morgan fingerprint density at radius 2 is 2.05 bits per heavy atom. The van der Waals surface area contributed by atoms with Crippen LogP contribution in [0, 0.1) is 0 Å². The van der Waals surface area contributed by atoms with E-state index in [0.29, 0.717) is 5.82 Å². The number of nitrogens with one attached hydrogen (secondary N) is 1. The van der Waals surface area contributed by atoms with E-state index in [4.69, 9.17) is 5.11 Å². The molecule has 0 bridgehead atoms. The molecular weight excluding hydrogens is 256 g/mol. The standard InChI is InChI=1S/C14H12N4O2/c19-13(20)7-10(14-15-4-1-5-16-14)9-2-3-11-12(6-9)18-8-17-11/h1-6,8,10H,7H2,(H,17,18)(H,19,20). The Morgan fingerprint density at radius 1 is 1.25 bits per heavy atom. The van der Waals surface area contributed by atoms with E-state index >= 15 is 0 Å². The SMILES string of the molecule is O=C(O)CC(c1ccc2nc[nH]c2c1)c1ncccn1.